The molecule has 0 spiro atoms. The molecule has 0 aliphatic carbocycles. The minimum atomic E-state index is -3.51. The van der Waals surface area contributed by atoms with Crippen molar-refractivity contribution in [1.29, 1.82) is 0 Å². The van der Waals surface area contributed by atoms with Crippen LogP contribution in [-0.4, -0.2) is 90.4 Å². The van der Waals surface area contributed by atoms with Crippen molar-refractivity contribution in [2.45, 2.75) is 57.0 Å². The molecule has 2 fully saturated rings. The fraction of sp³-hybridized carbons (Fsp3) is 0.517. The lowest BCUT2D eigenvalue weighted by Gasteiger charge is -2.56. The number of hydrogen-bond acceptors (Lipinski definition) is 6. The quantitative estimate of drug-likeness (QED) is 0.566. The molecule has 3 unspecified atom stereocenters. The van der Waals surface area contributed by atoms with E-state index in [0.717, 1.165) is 18.7 Å². The van der Waals surface area contributed by atoms with Gasteiger partial charge in [-0.05, 0) is 48.6 Å². The molecule has 200 valence electrons. The standard InChI is InChI=1S/C29H40N4O3S/c1-5-33-22(4)28(17-30-33)37(35,36)31-15-6-7-16-32-26(18-31)29(27(32)19-34)24-13-11-23(12-14-24)25-10-8-9-20(2)21(25)3/h6-14,22,26-30,34H,5,15-19H2,1-4H3/b7-6-/t22?,26-,27?,28?,29-/m0/s1. The lowest BCUT2D eigenvalue weighted by atomic mass is 9.74. The molecule has 2 aromatic rings. The van der Waals surface area contributed by atoms with Crippen LogP contribution in [0.2, 0.25) is 0 Å². The van der Waals surface area contributed by atoms with E-state index in [4.69, 9.17) is 0 Å². The van der Waals surface area contributed by atoms with Crippen LogP contribution < -0.4 is 5.43 Å². The van der Waals surface area contributed by atoms with Gasteiger partial charge in [0, 0.05) is 56.8 Å². The number of hydrazine groups is 1. The maximum absolute atomic E-state index is 13.8. The summed E-state index contributed by atoms with van der Waals surface area (Å²) in [6, 6.07) is 15.0. The monoisotopic (exact) mass is 524 g/mol. The number of hydrogen-bond donors (Lipinski definition) is 2. The van der Waals surface area contributed by atoms with Crippen molar-refractivity contribution in [3.8, 4) is 11.1 Å². The highest BCUT2D eigenvalue weighted by Gasteiger charge is 2.51. The van der Waals surface area contributed by atoms with Crippen LogP contribution in [0.25, 0.3) is 11.1 Å². The molecule has 5 rings (SSSR count). The molecule has 37 heavy (non-hydrogen) atoms. The maximum atomic E-state index is 13.8. The maximum Gasteiger partial charge on any atom is 0.220 e. The number of aliphatic hydroxyl groups is 1. The fourth-order valence-electron chi connectivity index (χ4n) is 6.46. The van der Waals surface area contributed by atoms with Crippen LogP contribution in [0, 0.1) is 13.8 Å². The van der Waals surface area contributed by atoms with E-state index in [1.165, 1.54) is 22.3 Å². The van der Waals surface area contributed by atoms with Crippen molar-refractivity contribution in [3.63, 3.8) is 0 Å². The SMILES string of the molecule is CCN1NCC(S(=O)(=O)N2C/C=C\CN3C(CO)[C@@H](c4ccc(-c5cccc(C)c5C)cc4)[C@@H]3C2)C1C. The van der Waals surface area contributed by atoms with Gasteiger partial charge in [0.1, 0.15) is 5.25 Å². The van der Waals surface area contributed by atoms with Crippen LogP contribution in [0.4, 0.5) is 0 Å². The third-order valence-corrected chi connectivity index (χ3v) is 11.2. The molecule has 8 heteroatoms. The first-order chi connectivity index (χ1) is 17.8. The number of benzene rings is 2. The lowest BCUT2D eigenvalue weighted by molar-refractivity contribution is -0.0415. The molecule has 0 saturated carbocycles. The van der Waals surface area contributed by atoms with Crippen LogP contribution in [0.5, 0.6) is 0 Å². The Morgan fingerprint density at radius 3 is 2.46 bits per heavy atom. The minimum Gasteiger partial charge on any atom is -0.395 e. The highest BCUT2D eigenvalue weighted by atomic mass is 32.2. The van der Waals surface area contributed by atoms with Gasteiger partial charge in [-0.25, -0.2) is 13.4 Å². The third kappa shape index (κ3) is 4.68. The van der Waals surface area contributed by atoms with Gasteiger partial charge in [-0.3, -0.25) is 10.3 Å². The largest absolute Gasteiger partial charge is 0.395 e. The average Bonchev–Trinajstić information content (AvgIpc) is 3.26. The number of fused-ring (bicyclic) bond motifs is 1. The molecule has 7 nitrogen and oxygen atoms in total. The van der Waals surface area contributed by atoms with Gasteiger partial charge in [-0.15, -0.1) is 0 Å². The number of nitrogens with zero attached hydrogens (tertiary/aromatic N) is 3. The Morgan fingerprint density at radius 1 is 1.05 bits per heavy atom. The summed E-state index contributed by atoms with van der Waals surface area (Å²) in [5, 5.41) is 11.8. The highest BCUT2D eigenvalue weighted by molar-refractivity contribution is 7.89. The second kappa shape index (κ2) is 10.6. The Balaban J connectivity index is 1.41. The predicted molar refractivity (Wildman–Crippen MR) is 149 cm³/mol. The molecule has 3 aliphatic rings. The lowest BCUT2D eigenvalue weighted by Crippen LogP contribution is -2.67. The zero-order chi connectivity index (χ0) is 26.3. The number of sulfonamides is 1. The van der Waals surface area contributed by atoms with Crippen molar-refractivity contribution in [2.75, 3.05) is 39.3 Å². The third-order valence-electron chi connectivity index (χ3n) is 8.87. The summed E-state index contributed by atoms with van der Waals surface area (Å²) >= 11 is 0. The van der Waals surface area contributed by atoms with E-state index in [1.807, 2.05) is 31.0 Å². The average molecular weight is 525 g/mol. The van der Waals surface area contributed by atoms with Gasteiger partial charge in [0.2, 0.25) is 10.0 Å². The van der Waals surface area contributed by atoms with Crippen LogP contribution >= 0.6 is 0 Å². The summed E-state index contributed by atoms with van der Waals surface area (Å²) in [6.45, 7) is 11.1. The molecule has 3 heterocycles. The number of aliphatic hydroxyl groups excluding tert-OH is 1. The topological polar surface area (TPSA) is 76.1 Å². The molecule has 2 saturated heterocycles. The Morgan fingerprint density at radius 2 is 1.78 bits per heavy atom. The first-order valence-electron chi connectivity index (χ1n) is 13.4. The molecule has 0 aromatic heterocycles. The van der Waals surface area contributed by atoms with E-state index in [2.05, 4.69) is 66.6 Å². The molecule has 0 radical (unpaired) electrons. The zero-order valence-corrected chi connectivity index (χ0v) is 23.2. The summed E-state index contributed by atoms with van der Waals surface area (Å²) in [6.07, 6.45) is 4.00. The summed E-state index contributed by atoms with van der Waals surface area (Å²) in [5.74, 6) is 0.0770. The Hall–Kier alpha value is -2.07. The normalized spacial score (nSPS) is 30.4. The first-order valence-corrected chi connectivity index (χ1v) is 15.0. The van der Waals surface area contributed by atoms with Crippen LogP contribution in [-0.2, 0) is 10.0 Å². The van der Waals surface area contributed by atoms with Crippen molar-refractivity contribution in [1.82, 2.24) is 19.6 Å². The summed E-state index contributed by atoms with van der Waals surface area (Å²) in [7, 11) is -3.51. The summed E-state index contributed by atoms with van der Waals surface area (Å²) in [5.41, 5.74) is 9.37. The van der Waals surface area contributed by atoms with Gasteiger partial charge in [-0.2, -0.15) is 4.31 Å². The van der Waals surface area contributed by atoms with Gasteiger partial charge < -0.3 is 5.11 Å². The van der Waals surface area contributed by atoms with E-state index in [-0.39, 0.29) is 30.7 Å². The van der Waals surface area contributed by atoms with E-state index in [0.29, 0.717) is 19.6 Å². The molecule has 3 aliphatic heterocycles. The smallest absolute Gasteiger partial charge is 0.220 e. The van der Waals surface area contributed by atoms with Crippen LogP contribution in [0.1, 0.15) is 36.5 Å². The van der Waals surface area contributed by atoms with Crippen LogP contribution in [0.15, 0.2) is 54.6 Å². The Bertz CT molecular complexity index is 1250. The molecular weight excluding hydrogens is 484 g/mol. The molecular formula is C29H40N4O3S. The van der Waals surface area contributed by atoms with Crippen molar-refractivity contribution >= 4 is 10.0 Å². The summed E-state index contributed by atoms with van der Waals surface area (Å²) in [4.78, 5) is 2.26. The summed E-state index contributed by atoms with van der Waals surface area (Å²) < 4.78 is 29.3. The van der Waals surface area contributed by atoms with Crippen molar-refractivity contribution in [3.05, 3.63) is 71.3 Å². The second-order valence-corrected chi connectivity index (χ2v) is 12.8. The van der Waals surface area contributed by atoms with Crippen molar-refractivity contribution in [2.24, 2.45) is 0 Å². The van der Waals surface area contributed by atoms with E-state index in [1.54, 1.807) is 4.31 Å². The molecule has 5 atom stereocenters. The van der Waals surface area contributed by atoms with E-state index < -0.39 is 15.3 Å². The number of nitrogens with one attached hydrogen (secondary N) is 1. The van der Waals surface area contributed by atoms with Crippen LogP contribution in [0.3, 0.4) is 0 Å². The molecule has 0 amide bonds. The number of aryl methyl sites for hydroxylation is 1. The van der Waals surface area contributed by atoms with Crippen molar-refractivity contribution < 1.29 is 13.5 Å². The van der Waals surface area contributed by atoms with Gasteiger partial charge >= 0.3 is 0 Å². The van der Waals surface area contributed by atoms with Gasteiger partial charge in [0.15, 0.2) is 0 Å². The predicted octanol–water partition coefficient (Wildman–Crippen LogP) is 2.90. The fourth-order valence-corrected chi connectivity index (χ4v) is 8.43. The first kappa shape index (κ1) is 26.5. The molecule has 2 N–H and O–H groups in total. The Labute approximate surface area is 221 Å². The molecule has 2 aromatic carbocycles. The minimum absolute atomic E-state index is 0.0217. The van der Waals surface area contributed by atoms with Gasteiger partial charge in [-0.1, -0.05) is 61.5 Å². The Kier molecular flexibility index (Phi) is 7.60. The van der Waals surface area contributed by atoms with E-state index >= 15 is 0 Å². The van der Waals surface area contributed by atoms with Gasteiger partial charge in [0.25, 0.3) is 0 Å². The molecule has 0 bridgehead atoms. The second-order valence-electron chi connectivity index (χ2n) is 10.7. The zero-order valence-electron chi connectivity index (χ0n) is 22.3. The highest BCUT2D eigenvalue weighted by Crippen LogP contribution is 2.42. The van der Waals surface area contributed by atoms with Gasteiger partial charge in [0.05, 0.1) is 6.61 Å². The van der Waals surface area contributed by atoms with E-state index in [9.17, 15) is 13.5 Å². The number of rotatable bonds is 6.